The van der Waals surface area contributed by atoms with Crippen molar-refractivity contribution in [3.05, 3.63) is 27.0 Å². The maximum absolute atomic E-state index is 11.9. The Morgan fingerprint density at radius 3 is 2.62 bits per heavy atom. The lowest BCUT2D eigenvalue weighted by molar-refractivity contribution is -0.201. The van der Waals surface area contributed by atoms with Gasteiger partial charge in [0, 0.05) is 0 Å². The summed E-state index contributed by atoms with van der Waals surface area (Å²) in [5, 5.41) is 3.75. The highest BCUT2D eigenvalue weighted by atomic mass is 32.2. The molecule has 0 saturated carbocycles. The largest absolute Gasteiger partial charge is 0.347 e. The summed E-state index contributed by atoms with van der Waals surface area (Å²) in [6, 6.07) is 0. The van der Waals surface area contributed by atoms with Gasteiger partial charge in [-0.1, -0.05) is 0 Å². The van der Waals surface area contributed by atoms with Gasteiger partial charge in [-0.25, -0.2) is 4.79 Å². The maximum atomic E-state index is 11.9. The molecular formula is C12H17N3O8S. The Morgan fingerprint density at radius 1 is 1.33 bits per heavy atom. The van der Waals surface area contributed by atoms with Crippen molar-refractivity contribution in [3.8, 4) is 0 Å². The zero-order valence-electron chi connectivity index (χ0n) is 13.2. The molecule has 1 N–H and O–H groups in total. The lowest BCUT2D eigenvalue weighted by Gasteiger charge is -2.24. The Labute approximate surface area is 136 Å². The summed E-state index contributed by atoms with van der Waals surface area (Å²) in [4.78, 5) is 25.2. The Hall–Kier alpha value is -1.60. The molecule has 134 valence electrons. The van der Waals surface area contributed by atoms with E-state index < -0.39 is 51.7 Å². The maximum Gasteiger partial charge on any atom is 0.347 e. The predicted octanol–water partition coefficient (Wildman–Crippen LogP) is -1.67. The molecule has 2 fully saturated rings. The molecule has 0 aliphatic carbocycles. The number of hydrogen-bond acceptors (Lipinski definition) is 9. The molecule has 1 aromatic heterocycles. The minimum Gasteiger partial charge on any atom is -0.345 e. The van der Waals surface area contributed by atoms with Gasteiger partial charge in [-0.3, -0.25) is 14.0 Å². The SMILES string of the molecule is CC1(C)O[C@H]2[C@H](O1)[C@H](n1ncc(=O)[nH]c1=O)O[C@H]2COS(C)(=O)=O. The first kappa shape index (κ1) is 17.2. The van der Waals surface area contributed by atoms with Crippen molar-refractivity contribution in [3.63, 3.8) is 0 Å². The first-order chi connectivity index (χ1) is 11.1. The predicted molar refractivity (Wildman–Crippen MR) is 77.6 cm³/mol. The van der Waals surface area contributed by atoms with Crippen LogP contribution in [0.1, 0.15) is 20.1 Å². The van der Waals surface area contributed by atoms with Gasteiger partial charge in [-0.05, 0) is 13.8 Å². The van der Waals surface area contributed by atoms with Crippen LogP contribution in [0, 0.1) is 0 Å². The first-order valence-electron chi connectivity index (χ1n) is 7.09. The summed E-state index contributed by atoms with van der Waals surface area (Å²) in [5.74, 6) is -0.952. The molecular weight excluding hydrogens is 346 g/mol. The summed E-state index contributed by atoms with van der Waals surface area (Å²) in [6.07, 6.45) is -1.31. The molecule has 0 unspecified atom stereocenters. The fraction of sp³-hybridized carbons (Fsp3) is 0.750. The van der Waals surface area contributed by atoms with Gasteiger partial charge in [0.15, 0.2) is 12.0 Å². The van der Waals surface area contributed by atoms with Crippen molar-refractivity contribution < 1.29 is 26.8 Å². The Morgan fingerprint density at radius 2 is 2.00 bits per heavy atom. The van der Waals surface area contributed by atoms with Crippen LogP contribution in [0.4, 0.5) is 0 Å². The number of aromatic amines is 1. The number of fused-ring (bicyclic) bond motifs is 1. The average Bonchev–Trinajstić information content (AvgIpc) is 2.90. The monoisotopic (exact) mass is 363 g/mol. The summed E-state index contributed by atoms with van der Waals surface area (Å²) in [6.45, 7) is 3.06. The molecule has 0 spiro atoms. The molecule has 11 nitrogen and oxygen atoms in total. The van der Waals surface area contributed by atoms with Crippen LogP contribution in [0.25, 0.3) is 0 Å². The van der Waals surface area contributed by atoms with Crippen LogP contribution in [-0.4, -0.2) is 60.1 Å². The minimum atomic E-state index is -3.67. The number of nitrogens with one attached hydrogen (secondary N) is 1. The Kier molecular flexibility index (Phi) is 4.12. The van der Waals surface area contributed by atoms with E-state index in [1.807, 2.05) is 0 Å². The number of H-pyrrole nitrogens is 1. The van der Waals surface area contributed by atoms with E-state index in [1.165, 1.54) is 0 Å². The summed E-state index contributed by atoms with van der Waals surface area (Å²) in [7, 11) is -3.67. The molecule has 2 aliphatic rings. The van der Waals surface area contributed by atoms with Gasteiger partial charge in [0.2, 0.25) is 0 Å². The topological polar surface area (TPSA) is 139 Å². The van der Waals surface area contributed by atoms with Crippen LogP contribution in [0.15, 0.2) is 15.8 Å². The van der Waals surface area contributed by atoms with Crippen LogP contribution in [0.2, 0.25) is 0 Å². The van der Waals surface area contributed by atoms with Crippen LogP contribution in [0.5, 0.6) is 0 Å². The molecule has 24 heavy (non-hydrogen) atoms. The van der Waals surface area contributed by atoms with Gasteiger partial charge in [-0.15, -0.1) is 0 Å². The van der Waals surface area contributed by atoms with Crippen LogP contribution < -0.4 is 11.2 Å². The van der Waals surface area contributed by atoms with Crippen LogP contribution in [-0.2, 0) is 28.5 Å². The van der Waals surface area contributed by atoms with Gasteiger partial charge in [-0.2, -0.15) is 18.2 Å². The molecule has 3 heterocycles. The Balaban J connectivity index is 1.90. The molecule has 2 saturated heterocycles. The highest BCUT2D eigenvalue weighted by Crippen LogP contribution is 2.42. The van der Waals surface area contributed by atoms with Crippen LogP contribution in [0.3, 0.4) is 0 Å². The molecule has 0 bridgehead atoms. The Bertz CT molecular complexity index is 844. The third-order valence-corrected chi connectivity index (χ3v) is 4.11. The van der Waals surface area contributed by atoms with Gasteiger partial charge in [0.1, 0.15) is 24.5 Å². The fourth-order valence-corrected chi connectivity index (χ4v) is 3.11. The van der Waals surface area contributed by atoms with Gasteiger partial charge in [0.25, 0.3) is 15.7 Å². The summed E-state index contributed by atoms with van der Waals surface area (Å²) in [5.41, 5.74) is -1.42. The number of aromatic nitrogens is 3. The van der Waals surface area contributed by atoms with Crippen molar-refractivity contribution >= 4 is 10.1 Å². The third kappa shape index (κ3) is 3.42. The van der Waals surface area contributed by atoms with E-state index in [0.29, 0.717) is 0 Å². The second-order valence-corrected chi connectivity index (χ2v) is 7.65. The quantitative estimate of drug-likeness (QED) is 0.622. The van der Waals surface area contributed by atoms with E-state index in [4.69, 9.17) is 18.4 Å². The zero-order chi connectivity index (χ0) is 17.7. The van der Waals surface area contributed by atoms with Crippen molar-refractivity contribution in [2.75, 3.05) is 12.9 Å². The van der Waals surface area contributed by atoms with Crippen molar-refractivity contribution in [1.82, 2.24) is 14.8 Å². The highest BCUT2D eigenvalue weighted by Gasteiger charge is 2.56. The van der Waals surface area contributed by atoms with E-state index >= 15 is 0 Å². The molecule has 4 atom stereocenters. The van der Waals surface area contributed by atoms with E-state index in [9.17, 15) is 18.0 Å². The number of nitrogens with zero attached hydrogens (tertiary/aromatic N) is 2. The molecule has 1 aromatic rings. The third-order valence-electron chi connectivity index (χ3n) is 3.55. The van der Waals surface area contributed by atoms with Crippen LogP contribution >= 0.6 is 0 Å². The second kappa shape index (κ2) is 5.74. The van der Waals surface area contributed by atoms with E-state index in [0.717, 1.165) is 17.1 Å². The molecule has 2 aliphatic heterocycles. The highest BCUT2D eigenvalue weighted by molar-refractivity contribution is 7.85. The number of ether oxygens (including phenoxy) is 3. The van der Waals surface area contributed by atoms with Gasteiger partial charge < -0.3 is 14.2 Å². The average molecular weight is 363 g/mol. The van der Waals surface area contributed by atoms with E-state index in [1.54, 1.807) is 13.8 Å². The first-order valence-corrected chi connectivity index (χ1v) is 8.91. The minimum absolute atomic E-state index is 0.298. The molecule has 3 rings (SSSR count). The lowest BCUT2D eigenvalue weighted by atomic mass is 10.1. The van der Waals surface area contributed by atoms with Crippen molar-refractivity contribution in [2.24, 2.45) is 0 Å². The normalized spacial score (nSPS) is 32.0. The van der Waals surface area contributed by atoms with Crippen molar-refractivity contribution in [1.29, 1.82) is 0 Å². The fourth-order valence-electron chi connectivity index (χ4n) is 2.72. The van der Waals surface area contributed by atoms with E-state index in [2.05, 4.69) is 10.1 Å². The molecule has 0 aromatic carbocycles. The van der Waals surface area contributed by atoms with Gasteiger partial charge >= 0.3 is 5.69 Å². The zero-order valence-corrected chi connectivity index (χ0v) is 14.0. The smallest absolute Gasteiger partial charge is 0.345 e. The molecule has 12 heteroatoms. The summed E-state index contributed by atoms with van der Waals surface area (Å²) < 4.78 is 45.2. The standard InChI is InChI=1S/C12H17N3O8S/c1-12(2)22-8-6(5-20-24(3,18)19)21-10(9(8)23-12)15-11(17)14-7(16)4-13-15/h4,6,8-10H,5H2,1-3H3,(H,14,16,17)/t6-,8+,9-,10+/m0/s1. The lowest BCUT2D eigenvalue weighted by Crippen LogP contribution is -2.39. The van der Waals surface area contributed by atoms with E-state index in [-0.39, 0.29) is 6.61 Å². The molecule has 0 radical (unpaired) electrons. The van der Waals surface area contributed by atoms with Crippen molar-refractivity contribution in [2.45, 2.75) is 44.2 Å². The number of hydrogen-bond donors (Lipinski definition) is 1. The second-order valence-electron chi connectivity index (χ2n) is 6.00. The summed E-state index contributed by atoms with van der Waals surface area (Å²) >= 11 is 0. The van der Waals surface area contributed by atoms with Gasteiger partial charge in [0.05, 0.1) is 12.9 Å². The molecule has 0 amide bonds. The number of rotatable bonds is 4.